The van der Waals surface area contributed by atoms with Gasteiger partial charge >= 0.3 is 0 Å². The van der Waals surface area contributed by atoms with E-state index in [0.717, 1.165) is 24.2 Å². The highest BCUT2D eigenvalue weighted by molar-refractivity contribution is 5.28. The third-order valence-electron chi connectivity index (χ3n) is 4.10. The third kappa shape index (κ3) is 2.88. The third-order valence-corrected chi connectivity index (χ3v) is 4.10. The van der Waals surface area contributed by atoms with Crippen LogP contribution in [0.5, 0.6) is 5.75 Å². The van der Waals surface area contributed by atoms with Gasteiger partial charge in [0.25, 0.3) is 0 Å². The number of hydrazine groups is 1. The summed E-state index contributed by atoms with van der Waals surface area (Å²) in [5, 5.41) is 0. The maximum Gasteiger partial charge on any atom is 0.137 e. The zero-order chi connectivity index (χ0) is 13.7. The monoisotopic (exact) mass is 265 g/mol. The highest BCUT2D eigenvalue weighted by Gasteiger charge is 2.40. The zero-order valence-corrected chi connectivity index (χ0v) is 11.7. The van der Waals surface area contributed by atoms with Gasteiger partial charge < -0.3 is 9.47 Å². The number of aromatic nitrogens is 1. The maximum absolute atomic E-state index is 5.85. The molecular formula is C14H23N3O2. The van der Waals surface area contributed by atoms with Crippen LogP contribution in [-0.4, -0.2) is 24.8 Å². The van der Waals surface area contributed by atoms with Crippen molar-refractivity contribution in [3.8, 4) is 5.75 Å². The lowest BCUT2D eigenvalue weighted by Gasteiger charge is -2.42. The fraction of sp³-hybridized carbons (Fsp3) is 0.643. The first-order valence-corrected chi connectivity index (χ1v) is 6.76. The number of methoxy groups -OCH3 is 2. The van der Waals surface area contributed by atoms with Crippen molar-refractivity contribution in [1.82, 2.24) is 10.4 Å². The summed E-state index contributed by atoms with van der Waals surface area (Å²) in [4.78, 5) is 4.21. The van der Waals surface area contributed by atoms with Gasteiger partial charge in [-0.15, -0.1) is 0 Å². The van der Waals surface area contributed by atoms with Crippen molar-refractivity contribution >= 4 is 0 Å². The highest BCUT2D eigenvalue weighted by Crippen LogP contribution is 2.41. The summed E-state index contributed by atoms with van der Waals surface area (Å²) in [6.45, 7) is 0. The molecule has 1 heterocycles. The van der Waals surface area contributed by atoms with Crippen LogP contribution in [0, 0.1) is 0 Å². The molecule has 1 aliphatic carbocycles. The molecule has 1 atom stereocenters. The van der Waals surface area contributed by atoms with Gasteiger partial charge in [-0.25, -0.2) is 0 Å². The van der Waals surface area contributed by atoms with Crippen LogP contribution < -0.4 is 16.0 Å². The molecule has 2 rings (SSSR count). The summed E-state index contributed by atoms with van der Waals surface area (Å²) >= 11 is 0. The molecule has 0 bridgehead atoms. The minimum Gasteiger partial charge on any atom is -0.495 e. The van der Waals surface area contributed by atoms with E-state index in [1.807, 2.05) is 12.3 Å². The van der Waals surface area contributed by atoms with Gasteiger partial charge in [0.15, 0.2) is 0 Å². The van der Waals surface area contributed by atoms with E-state index in [4.69, 9.17) is 15.3 Å². The molecule has 5 nitrogen and oxygen atoms in total. The first-order valence-electron chi connectivity index (χ1n) is 6.76. The molecule has 0 radical (unpaired) electrons. The molecule has 0 aromatic carbocycles. The van der Waals surface area contributed by atoms with Crippen LogP contribution in [0.15, 0.2) is 18.5 Å². The number of pyridine rings is 1. The van der Waals surface area contributed by atoms with Crippen molar-refractivity contribution in [2.45, 2.75) is 43.7 Å². The van der Waals surface area contributed by atoms with Crippen LogP contribution in [0.3, 0.4) is 0 Å². The van der Waals surface area contributed by atoms with E-state index in [9.17, 15) is 0 Å². The van der Waals surface area contributed by atoms with E-state index < -0.39 is 0 Å². The Labute approximate surface area is 114 Å². The van der Waals surface area contributed by atoms with Gasteiger partial charge in [0, 0.05) is 13.3 Å². The molecule has 19 heavy (non-hydrogen) atoms. The fourth-order valence-electron chi connectivity index (χ4n) is 3.02. The zero-order valence-electron chi connectivity index (χ0n) is 11.7. The molecule has 0 saturated heterocycles. The molecule has 1 aliphatic rings. The Morgan fingerprint density at radius 2 is 2.00 bits per heavy atom. The van der Waals surface area contributed by atoms with Crippen molar-refractivity contribution in [1.29, 1.82) is 0 Å². The van der Waals surface area contributed by atoms with E-state index in [2.05, 4.69) is 10.4 Å². The number of nitrogens with one attached hydrogen (secondary N) is 1. The normalized spacial score (nSPS) is 19.9. The number of hydrogen-bond donors (Lipinski definition) is 2. The Kier molecular flexibility index (Phi) is 4.74. The minimum absolute atomic E-state index is 0.0691. The molecule has 0 spiro atoms. The average Bonchev–Trinajstić information content (AvgIpc) is 2.49. The van der Waals surface area contributed by atoms with Crippen molar-refractivity contribution < 1.29 is 9.47 Å². The molecule has 1 fully saturated rings. The summed E-state index contributed by atoms with van der Waals surface area (Å²) in [6, 6.07) is 1.90. The van der Waals surface area contributed by atoms with Gasteiger partial charge in [-0.3, -0.25) is 16.3 Å². The lowest BCUT2D eigenvalue weighted by Crippen LogP contribution is -2.49. The smallest absolute Gasteiger partial charge is 0.137 e. The van der Waals surface area contributed by atoms with Crippen molar-refractivity contribution in [3.05, 3.63) is 24.0 Å². The standard InChI is InChI=1S/C14H23N3O2/c1-18-12-8-11(9-16-10-12)13(17-15)14(19-2)6-4-3-5-7-14/h8-10,13,17H,3-7,15H2,1-2H3. The van der Waals surface area contributed by atoms with E-state index in [1.165, 1.54) is 19.3 Å². The van der Waals surface area contributed by atoms with Gasteiger partial charge in [0.05, 0.1) is 24.9 Å². The van der Waals surface area contributed by atoms with Crippen LogP contribution in [-0.2, 0) is 4.74 Å². The number of rotatable bonds is 5. The van der Waals surface area contributed by atoms with Gasteiger partial charge in [-0.05, 0) is 24.5 Å². The van der Waals surface area contributed by atoms with E-state index in [-0.39, 0.29) is 11.6 Å². The molecule has 0 amide bonds. The molecule has 5 heteroatoms. The summed E-state index contributed by atoms with van der Waals surface area (Å²) in [6.07, 6.45) is 9.14. The van der Waals surface area contributed by atoms with Crippen LogP contribution in [0.1, 0.15) is 43.7 Å². The lowest BCUT2D eigenvalue weighted by atomic mass is 9.77. The molecule has 106 valence electrons. The summed E-state index contributed by atoms with van der Waals surface area (Å²) in [5.74, 6) is 6.53. The number of nitrogens with zero attached hydrogens (tertiary/aromatic N) is 1. The molecule has 1 aromatic rings. The van der Waals surface area contributed by atoms with Crippen molar-refractivity contribution in [3.63, 3.8) is 0 Å². The average molecular weight is 265 g/mol. The van der Waals surface area contributed by atoms with Crippen LogP contribution in [0.2, 0.25) is 0 Å². The van der Waals surface area contributed by atoms with Gasteiger partial charge in [-0.2, -0.15) is 0 Å². The Morgan fingerprint density at radius 3 is 2.58 bits per heavy atom. The quantitative estimate of drug-likeness (QED) is 0.629. The Bertz CT molecular complexity index is 405. The SMILES string of the molecule is COc1cncc(C(NN)C2(OC)CCCCC2)c1. The summed E-state index contributed by atoms with van der Waals surface area (Å²) in [7, 11) is 3.40. The Hall–Kier alpha value is -1.17. The molecular weight excluding hydrogens is 242 g/mol. The van der Waals surface area contributed by atoms with E-state index in [1.54, 1.807) is 20.4 Å². The lowest BCUT2D eigenvalue weighted by molar-refractivity contribution is -0.0689. The fourth-order valence-corrected chi connectivity index (χ4v) is 3.02. The van der Waals surface area contributed by atoms with Gasteiger partial charge in [0.1, 0.15) is 5.75 Å². The minimum atomic E-state index is -0.249. The molecule has 1 aromatic heterocycles. The second-order valence-electron chi connectivity index (χ2n) is 5.09. The Morgan fingerprint density at radius 1 is 1.26 bits per heavy atom. The first kappa shape index (κ1) is 14.2. The second kappa shape index (κ2) is 6.32. The molecule has 1 unspecified atom stereocenters. The molecule has 3 N–H and O–H groups in total. The highest BCUT2D eigenvalue weighted by atomic mass is 16.5. The number of hydrogen-bond acceptors (Lipinski definition) is 5. The number of nitrogens with two attached hydrogens (primary N) is 1. The van der Waals surface area contributed by atoms with E-state index in [0.29, 0.717) is 0 Å². The van der Waals surface area contributed by atoms with Crippen LogP contribution in [0.25, 0.3) is 0 Å². The molecule has 1 saturated carbocycles. The first-order chi connectivity index (χ1) is 9.25. The largest absolute Gasteiger partial charge is 0.495 e. The molecule has 0 aliphatic heterocycles. The topological polar surface area (TPSA) is 69.4 Å². The van der Waals surface area contributed by atoms with Gasteiger partial charge in [0.2, 0.25) is 0 Å². The Balaban J connectivity index is 2.30. The van der Waals surface area contributed by atoms with Crippen molar-refractivity contribution in [2.75, 3.05) is 14.2 Å². The van der Waals surface area contributed by atoms with Crippen LogP contribution >= 0.6 is 0 Å². The second-order valence-corrected chi connectivity index (χ2v) is 5.09. The van der Waals surface area contributed by atoms with Crippen molar-refractivity contribution in [2.24, 2.45) is 5.84 Å². The number of ether oxygens (including phenoxy) is 2. The van der Waals surface area contributed by atoms with E-state index >= 15 is 0 Å². The summed E-state index contributed by atoms with van der Waals surface area (Å²) in [5.41, 5.74) is 3.67. The van der Waals surface area contributed by atoms with Crippen LogP contribution in [0.4, 0.5) is 0 Å². The maximum atomic E-state index is 5.85. The predicted molar refractivity (Wildman–Crippen MR) is 73.7 cm³/mol. The predicted octanol–water partition coefficient (Wildman–Crippen LogP) is 1.94. The van der Waals surface area contributed by atoms with Gasteiger partial charge in [-0.1, -0.05) is 19.3 Å². The summed E-state index contributed by atoms with van der Waals surface area (Å²) < 4.78 is 11.1.